The van der Waals surface area contributed by atoms with Gasteiger partial charge in [-0.05, 0) is 48.6 Å². The number of hydrogen-bond donors (Lipinski definition) is 2. The van der Waals surface area contributed by atoms with Crippen molar-refractivity contribution in [1.82, 2.24) is 15.1 Å². The van der Waals surface area contributed by atoms with Gasteiger partial charge in [-0.15, -0.1) is 0 Å². The maximum atomic E-state index is 12.0. The molecule has 1 heterocycles. The maximum absolute atomic E-state index is 12.0. The summed E-state index contributed by atoms with van der Waals surface area (Å²) in [7, 11) is 1.70. The van der Waals surface area contributed by atoms with Crippen molar-refractivity contribution in [2.45, 2.75) is 25.7 Å². The second kappa shape index (κ2) is 6.64. The van der Waals surface area contributed by atoms with Crippen molar-refractivity contribution in [2.24, 2.45) is 7.05 Å². The average molecular weight is 312 g/mol. The Morgan fingerprint density at radius 3 is 2.83 bits per heavy atom. The van der Waals surface area contributed by atoms with Crippen LogP contribution in [0.3, 0.4) is 0 Å². The summed E-state index contributed by atoms with van der Waals surface area (Å²) in [6, 6.07) is 7.72. The van der Waals surface area contributed by atoms with Crippen molar-refractivity contribution >= 4 is 17.5 Å². The van der Waals surface area contributed by atoms with Gasteiger partial charge in [-0.2, -0.15) is 5.10 Å². The quantitative estimate of drug-likeness (QED) is 0.882. The molecule has 0 aliphatic heterocycles. The first-order valence-corrected chi connectivity index (χ1v) is 7.81. The van der Waals surface area contributed by atoms with Crippen molar-refractivity contribution in [1.29, 1.82) is 0 Å². The normalized spacial score (nSPS) is 12.7. The molecule has 0 atom stereocenters. The predicted octanol–water partition coefficient (Wildman–Crippen LogP) is 1.67. The summed E-state index contributed by atoms with van der Waals surface area (Å²) in [5.74, 6) is -0.330. The van der Waals surface area contributed by atoms with E-state index in [9.17, 15) is 9.59 Å². The smallest absolute Gasteiger partial charge is 0.269 e. The first kappa shape index (κ1) is 15.3. The molecule has 0 spiro atoms. The number of rotatable bonds is 5. The zero-order chi connectivity index (χ0) is 16.2. The Labute approximate surface area is 134 Å². The molecule has 6 nitrogen and oxygen atoms in total. The molecule has 0 radical (unpaired) electrons. The lowest BCUT2D eigenvalue weighted by molar-refractivity contribution is -0.116. The largest absolute Gasteiger partial charge is 0.350 e. The van der Waals surface area contributed by atoms with Gasteiger partial charge in [0.1, 0.15) is 5.69 Å². The third-order valence-electron chi connectivity index (χ3n) is 4.07. The molecule has 1 aromatic carbocycles. The Morgan fingerprint density at radius 2 is 2.04 bits per heavy atom. The van der Waals surface area contributed by atoms with Gasteiger partial charge in [0.2, 0.25) is 5.91 Å². The zero-order valence-electron chi connectivity index (χ0n) is 13.1. The second-order valence-corrected chi connectivity index (χ2v) is 5.73. The van der Waals surface area contributed by atoms with Crippen LogP contribution in [0.15, 0.2) is 30.5 Å². The van der Waals surface area contributed by atoms with Crippen LogP contribution in [0.4, 0.5) is 5.69 Å². The van der Waals surface area contributed by atoms with Crippen LogP contribution in [-0.4, -0.2) is 28.1 Å². The SMILES string of the molecule is Cn1nccc1C(=O)NCCC(=O)Nc1ccc2c(c1)CCC2. The summed E-state index contributed by atoms with van der Waals surface area (Å²) in [4.78, 5) is 23.9. The van der Waals surface area contributed by atoms with Crippen molar-refractivity contribution in [3.63, 3.8) is 0 Å². The highest BCUT2D eigenvalue weighted by atomic mass is 16.2. The number of carbonyl (C=O) groups is 2. The van der Waals surface area contributed by atoms with Crippen LogP contribution in [0, 0.1) is 0 Å². The zero-order valence-corrected chi connectivity index (χ0v) is 13.1. The number of anilines is 1. The molecule has 2 aromatic rings. The number of aryl methyl sites for hydroxylation is 3. The van der Waals surface area contributed by atoms with Crippen LogP contribution in [0.25, 0.3) is 0 Å². The Bertz CT molecular complexity index is 736. The predicted molar refractivity (Wildman–Crippen MR) is 87.3 cm³/mol. The van der Waals surface area contributed by atoms with E-state index in [0.29, 0.717) is 12.2 Å². The summed E-state index contributed by atoms with van der Waals surface area (Å²) >= 11 is 0. The van der Waals surface area contributed by atoms with E-state index in [4.69, 9.17) is 0 Å². The number of carbonyl (C=O) groups excluding carboxylic acids is 2. The van der Waals surface area contributed by atoms with Gasteiger partial charge in [0, 0.05) is 31.9 Å². The van der Waals surface area contributed by atoms with Gasteiger partial charge in [0.15, 0.2) is 0 Å². The molecule has 3 rings (SSSR count). The topological polar surface area (TPSA) is 76.0 Å². The highest BCUT2D eigenvalue weighted by Crippen LogP contribution is 2.24. The van der Waals surface area contributed by atoms with Gasteiger partial charge in [-0.25, -0.2) is 0 Å². The molecule has 2 amide bonds. The molecule has 0 saturated heterocycles. The summed E-state index contributed by atoms with van der Waals surface area (Å²) < 4.78 is 1.50. The summed E-state index contributed by atoms with van der Waals surface area (Å²) in [6.45, 7) is 0.292. The van der Waals surface area contributed by atoms with Crippen LogP contribution in [0.1, 0.15) is 34.5 Å². The minimum Gasteiger partial charge on any atom is -0.350 e. The van der Waals surface area contributed by atoms with Gasteiger partial charge in [0.25, 0.3) is 5.91 Å². The Hall–Kier alpha value is -2.63. The van der Waals surface area contributed by atoms with Crippen LogP contribution >= 0.6 is 0 Å². The van der Waals surface area contributed by atoms with E-state index in [1.165, 1.54) is 22.2 Å². The number of nitrogens with zero attached hydrogens (tertiary/aromatic N) is 2. The highest BCUT2D eigenvalue weighted by Gasteiger charge is 2.13. The molecule has 6 heteroatoms. The summed E-state index contributed by atoms with van der Waals surface area (Å²) in [5, 5.41) is 9.55. The number of aromatic nitrogens is 2. The van der Waals surface area contributed by atoms with E-state index in [-0.39, 0.29) is 18.2 Å². The Kier molecular flexibility index (Phi) is 4.41. The fraction of sp³-hybridized carbons (Fsp3) is 0.353. The van der Waals surface area contributed by atoms with E-state index >= 15 is 0 Å². The number of nitrogens with one attached hydrogen (secondary N) is 2. The molecule has 0 saturated carbocycles. The molecule has 1 aromatic heterocycles. The monoisotopic (exact) mass is 312 g/mol. The standard InChI is InChI=1S/C17H20N4O2/c1-21-15(7-10-19-21)17(23)18-9-8-16(22)20-14-6-5-12-3-2-4-13(12)11-14/h5-7,10-11H,2-4,8-9H2,1H3,(H,18,23)(H,20,22). The van der Waals surface area contributed by atoms with E-state index in [1.807, 2.05) is 6.07 Å². The molecule has 0 bridgehead atoms. The molecule has 1 aliphatic carbocycles. The third-order valence-corrected chi connectivity index (χ3v) is 4.07. The average Bonchev–Trinajstić information content (AvgIpc) is 3.15. The molecular formula is C17H20N4O2. The number of fused-ring (bicyclic) bond motifs is 1. The van der Waals surface area contributed by atoms with Gasteiger partial charge >= 0.3 is 0 Å². The van der Waals surface area contributed by atoms with Crippen molar-refractivity contribution < 1.29 is 9.59 Å². The van der Waals surface area contributed by atoms with Gasteiger partial charge in [0.05, 0.1) is 0 Å². The first-order valence-electron chi connectivity index (χ1n) is 7.81. The molecule has 120 valence electrons. The van der Waals surface area contributed by atoms with E-state index in [2.05, 4.69) is 27.9 Å². The molecule has 1 aliphatic rings. The maximum Gasteiger partial charge on any atom is 0.269 e. The molecule has 23 heavy (non-hydrogen) atoms. The van der Waals surface area contributed by atoms with Crippen molar-refractivity contribution in [2.75, 3.05) is 11.9 Å². The number of benzene rings is 1. The van der Waals surface area contributed by atoms with Crippen LogP contribution in [0.2, 0.25) is 0 Å². The third kappa shape index (κ3) is 3.59. The van der Waals surface area contributed by atoms with Gasteiger partial charge in [-0.3, -0.25) is 14.3 Å². The number of hydrogen-bond acceptors (Lipinski definition) is 3. The summed E-state index contributed by atoms with van der Waals surface area (Å²) in [6.07, 6.45) is 5.20. The lowest BCUT2D eigenvalue weighted by atomic mass is 10.1. The van der Waals surface area contributed by atoms with Crippen LogP contribution < -0.4 is 10.6 Å². The van der Waals surface area contributed by atoms with Crippen molar-refractivity contribution in [3.05, 3.63) is 47.3 Å². The highest BCUT2D eigenvalue weighted by molar-refractivity contribution is 5.94. The summed E-state index contributed by atoms with van der Waals surface area (Å²) in [5.41, 5.74) is 4.01. The first-order chi connectivity index (χ1) is 11.1. The van der Waals surface area contributed by atoms with Crippen LogP contribution in [-0.2, 0) is 24.7 Å². The molecular weight excluding hydrogens is 292 g/mol. The lowest BCUT2D eigenvalue weighted by Crippen LogP contribution is -2.29. The Balaban J connectivity index is 1.46. The minimum atomic E-state index is -0.227. The van der Waals surface area contributed by atoms with Crippen LogP contribution in [0.5, 0.6) is 0 Å². The van der Waals surface area contributed by atoms with Gasteiger partial charge < -0.3 is 10.6 Å². The Morgan fingerprint density at radius 1 is 1.22 bits per heavy atom. The fourth-order valence-corrected chi connectivity index (χ4v) is 2.85. The molecule has 0 fully saturated rings. The second-order valence-electron chi connectivity index (χ2n) is 5.73. The van der Waals surface area contributed by atoms with E-state index < -0.39 is 0 Å². The minimum absolute atomic E-state index is 0.103. The van der Waals surface area contributed by atoms with Crippen molar-refractivity contribution in [3.8, 4) is 0 Å². The fourth-order valence-electron chi connectivity index (χ4n) is 2.85. The lowest BCUT2D eigenvalue weighted by Gasteiger charge is -2.08. The molecule has 0 unspecified atom stereocenters. The molecule has 2 N–H and O–H groups in total. The number of amides is 2. The van der Waals surface area contributed by atoms with E-state index in [0.717, 1.165) is 18.5 Å². The van der Waals surface area contributed by atoms with Gasteiger partial charge in [-0.1, -0.05) is 6.07 Å². The van der Waals surface area contributed by atoms with E-state index in [1.54, 1.807) is 19.3 Å².